The zero-order valence-corrected chi connectivity index (χ0v) is 69.5. The molecule has 0 atom stereocenters. The number of hydrogen-bond donors (Lipinski definition) is 0. The van der Waals surface area contributed by atoms with E-state index in [4.69, 9.17) is 9.97 Å². The third-order valence-corrected chi connectivity index (χ3v) is 26.7. The molecule has 0 bridgehead atoms. The summed E-state index contributed by atoms with van der Waals surface area (Å²) in [6, 6.07) is 137. The van der Waals surface area contributed by atoms with Gasteiger partial charge in [0.15, 0.2) is 5.82 Å². The van der Waals surface area contributed by atoms with Crippen molar-refractivity contribution < 1.29 is 0 Å². The Hall–Kier alpha value is -15.1. The number of pyridine rings is 2. The van der Waals surface area contributed by atoms with Gasteiger partial charge in [-0.3, -0.25) is 9.97 Å². The van der Waals surface area contributed by atoms with E-state index in [1.807, 2.05) is 49.3 Å². The molecule has 0 saturated heterocycles. The SMILES string of the molecule is CC1(C)c2ccccc2-c2c(-c3c4ccccc4c(-c4cccnc4)c4ccc(-c5ccccc5)cc34)cccc21.CC1(C)c2ccccc2-c2c(-c3c4ccccc4c(-c4ccncc4)c4ccc(-c5ccccc5)cc34)cccc21.CC1(C)c2ccccc2-c2c(-c3c4ccccc4c(-c4ncccn4)c4ccc(-c5ccccc5)cc34)cccc21. The zero-order chi connectivity index (χ0) is 82.7. The summed E-state index contributed by atoms with van der Waals surface area (Å²) in [5, 5.41) is 14.8. The highest BCUT2D eigenvalue weighted by atomic mass is 14.9. The summed E-state index contributed by atoms with van der Waals surface area (Å²) in [5.74, 6) is 0.748. The lowest BCUT2D eigenvalue weighted by atomic mass is 9.80. The van der Waals surface area contributed by atoms with E-state index < -0.39 is 0 Å². The molecule has 0 aliphatic heterocycles. The Balaban J connectivity index is 0.000000110. The highest BCUT2D eigenvalue weighted by Gasteiger charge is 2.41. The maximum absolute atomic E-state index is 4.73. The van der Waals surface area contributed by atoms with E-state index in [0.717, 1.165) is 27.7 Å². The molecule has 123 heavy (non-hydrogen) atoms. The largest absolute Gasteiger partial charge is 0.265 e. The Labute approximate surface area is 717 Å². The van der Waals surface area contributed by atoms with Gasteiger partial charge in [-0.05, 0) is 257 Å². The molecule has 18 aromatic carbocycles. The number of benzene rings is 18. The molecule has 0 fully saturated rings. The lowest BCUT2D eigenvalue weighted by Gasteiger charge is -2.23. The summed E-state index contributed by atoms with van der Waals surface area (Å²) in [6.07, 6.45) is 11.3. The third-order valence-electron chi connectivity index (χ3n) is 26.7. The van der Waals surface area contributed by atoms with Crippen molar-refractivity contribution in [3.05, 3.63) is 447 Å². The predicted octanol–water partition coefficient (Wildman–Crippen LogP) is 31.5. The van der Waals surface area contributed by atoms with Crippen LogP contribution in [0.4, 0.5) is 0 Å². The second kappa shape index (κ2) is 29.7. The number of hydrogen-bond acceptors (Lipinski definition) is 4. The van der Waals surface area contributed by atoms with Crippen LogP contribution in [0.3, 0.4) is 0 Å². The molecule has 3 heterocycles. The first-order valence-electron chi connectivity index (χ1n) is 42.8. The van der Waals surface area contributed by atoms with Gasteiger partial charge in [0.2, 0.25) is 0 Å². The van der Waals surface area contributed by atoms with Gasteiger partial charge in [-0.2, -0.15) is 0 Å². The van der Waals surface area contributed by atoms with Gasteiger partial charge in [0, 0.05) is 64.6 Å². The summed E-state index contributed by atoms with van der Waals surface area (Å²) >= 11 is 0. The van der Waals surface area contributed by atoms with E-state index in [1.54, 1.807) is 0 Å². The van der Waals surface area contributed by atoms with Crippen LogP contribution in [0.5, 0.6) is 0 Å². The van der Waals surface area contributed by atoms with Crippen molar-refractivity contribution in [1.82, 2.24) is 19.9 Å². The third kappa shape index (κ3) is 12.1. The quantitative estimate of drug-likeness (QED) is 0.135. The fourth-order valence-corrected chi connectivity index (χ4v) is 21.0. The van der Waals surface area contributed by atoms with Crippen molar-refractivity contribution in [2.24, 2.45) is 0 Å². The van der Waals surface area contributed by atoms with Crippen LogP contribution < -0.4 is 0 Å². The molecule has 4 heteroatoms. The van der Waals surface area contributed by atoms with Crippen molar-refractivity contribution in [3.8, 4) is 134 Å². The average molecular weight is 1570 g/mol. The predicted molar refractivity (Wildman–Crippen MR) is 517 cm³/mol. The molecule has 3 aliphatic carbocycles. The van der Waals surface area contributed by atoms with Gasteiger partial charge in [0.25, 0.3) is 0 Å². The van der Waals surface area contributed by atoms with Crippen LogP contribution in [0.1, 0.15) is 74.9 Å². The second-order valence-corrected chi connectivity index (χ2v) is 34.5. The fraction of sp³-hybridized carbons (Fsp3) is 0.0756. The van der Waals surface area contributed by atoms with Gasteiger partial charge < -0.3 is 0 Å². The minimum Gasteiger partial charge on any atom is -0.265 e. The summed E-state index contributed by atoms with van der Waals surface area (Å²) in [7, 11) is 0. The summed E-state index contributed by atoms with van der Waals surface area (Å²) in [5.41, 5.74) is 37.2. The van der Waals surface area contributed by atoms with Crippen LogP contribution in [0.25, 0.3) is 198 Å². The van der Waals surface area contributed by atoms with E-state index in [-0.39, 0.29) is 16.2 Å². The maximum Gasteiger partial charge on any atom is 0.160 e. The molecule has 0 amide bonds. The summed E-state index contributed by atoms with van der Waals surface area (Å²) in [6.45, 7) is 14.1. The molecule has 0 radical (unpaired) electrons. The fourth-order valence-electron chi connectivity index (χ4n) is 21.0. The molecule has 4 nitrogen and oxygen atoms in total. The van der Waals surface area contributed by atoms with Gasteiger partial charge in [-0.15, -0.1) is 0 Å². The molecule has 0 spiro atoms. The Kier molecular flexibility index (Phi) is 17.9. The highest BCUT2D eigenvalue weighted by molar-refractivity contribution is 6.26. The zero-order valence-electron chi connectivity index (χ0n) is 69.5. The van der Waals surface area contributed by atoms with Crippen LogP contribution >= 0.6 is 0 Å². The number of aromatic nitrogens is 4. The molecular formula is C119H86N4. The minimum absolute atomic E-state index is 0.0558. The highest BCUT2D eigenvalue weighted by Crippen LogP contribution is 2.59. The number of nitrogens with zero attached hydrogens (tertiary/aromatic N) is 4. The van der Waals surface area contributed by atoms with E-state index in [2.05, 4.69) is 415 Å². The first-order chi connectivity index (χ1) is 60.4. The molecule has 21 aromatic rings. The number of fused-ring (bicyclic) bond motifs is 15. The monoisotopic (exact) mass is 1570 g/mol. The Morgan fingerprint density at radius 2 is 0.455 bits per heavy atom. The first-order valence-corrected chi connectivity index (χ1v) is 42.8. The van der Waals surface area contributed by atoms with Gasteiger partial charge >= 0.3 is 0 Å². The second-order valence-electron chi connectivity index (χ2n) is 34.5. The van der Waals surface area contributed by atoms with Gasteiger partial charge in [-0.1, -0.05) is 375 Å². The molecule has 3 aliphatic rings. The van der Waals surface area contributed by atoms with Crippen molar-refractivity contribution in [2.75, 3.05) is 0 Å². The van der Waals surface area contributed by atoms with Gasteiger partial charge in [-0.25, -0.2) is 9.97 Å². The lowest BCUT2D eigenvalue weighted by molar-refractivity contribution is 0.660. The van der Waals surface area contributed by atoms with Crippen molar-refractivity contribution >= 4 is 64.6 Å². The topological polar surface area (TPSA) is 51.6 Å². The average Bonchev–Trinajstić information content (AvgIpc) is 1.64. The minimum atomic E-state index is -0.0689. The van der Waals surface area contributed by atoms with E-state index >= 15 is 0 Å². The Morgan fingerprint density at radius 1 is 0.163 bits per heavy atom. The molecule has 0 unspecified atom stereocenters. The van der Waals surface area contributed by atoms with Crippen LogP contribution in [-0.4, -0.2) is 19.9 Å². The summed E-state index contributed by atoms with van der Waals surface area (Å²) in [4.78, 5) is 18.3. The molecule has 0 N–H and O–H groups in total. The summed E-state index contributed by atoms with van der Waals surface area (Å²) < 4.78 is 0. The van der Waals surface area contributed by atoms with Crippen LogP contribution in [0.15, 0.2) is 413 Å². The first kappa shape index (κ1) is 74.2. The molecule has 3 aromatic heterocycles. The van der Waals surface area contributed by atoms with Gasteiger partial charge in [0.05, 0.1) is 0 Å². The van der Waals surface area contributed by atoms with E-state index in [1.165, 1.54) is 204 Å². The van der Waals surface area contributed by atoms with E-state index in [9.17, 15) is 0 Å². The smallest absolute Gasteiger partial charge is 0.160 e. The molecule has 582 valence electrons. The van der Waals surface area contributed by atoms with Crippen molar-refractivity contribution in [2.45, 2.75) is 57.8 Å². The van der Waals surface area contributed by atoms with Gasteiger partial charge in [0.1, 0.15) is 0 Å². The molecule has 24 rings (SSSR count). The normalized spacial score (nSPS) is 13.3. The molecule has 0 saturated carbocycles. The molecular weight excluding hydrogens is 1490 g/mol. The van der Waals surface area contributed by atoms with Crippen LogP contribution in [-0.2, 0) is 16.2 Å². The van der Waals surface area contributed by atoms with Crippen LogP contribution in [0, 0.1) is 0 Å². The van der Waals surface area contributed by atoms with E-state index in [0.29, 0.717) is 0 Å². The van der Waals surface area contributed by atoms with Crippen LogP contribution in [0.2, 0.25) is 0 Å². The number of rotatable bonds is 9. The van der Waals surface area contributed by atoms with Crippen molar-refractivity contribution in [1.29, 1.82) is 0 Å². The maximum atomic E-state index is 4.73. The Bertz CT molecular complexity index is 7050. The van der Waals surface area contributed by atoms with Crippen molar-refractivity contribution in [3.63, 3.8) is 0 Å². The standard InChI is InChI=1S/2C40H29N.C39H28N2/c1-40(2)35-19-9-8-17-32(35)39-33(18-10-20-36(39)40)38-30-16-7-6-15-29(30)37(28-14-11-23-41-25-28)31-22-21-27(24-34(31)38)26-12-4-3-5-13-26;1-40(2)35-17-9-8-15-32(35)39-33(16-10-18-36(39)40)38-30-14-7-6-13-29(30)37(27-21-23-41-24-22-27)31-20-19-28(25-34(31)38)26-11-4-3-5-12-26;1-39(2)33-18-9-8-16-30(33)36-31(17-10-19-34(36)39)35-27-14-6-7-15-28(27)37(38-40-22-11-23-41-38)29-21-20-26(24-32(29)35)25-12-4-3-5-13-25/h2*3-25H,1-2H3;3-24H,1-2H3. The Morgan fingerprint density at radius 3 is 0.821 bits per heavy atom. The lowest BCUT2D eigenvalue weighted by Crippen LogP contribution is -2.14.